The molecule has 1 rings (SSSR count). The third-order valence-corrected chi connectivity index (χ3v) is 4.76. The Bertz CT molecular complexity index is 409. The first-order valence-electron chi connectivity index (χ1n) is 9.16. The molecule has 0 aromatic carbocycles. The highest BCUT2D eigenvalue weighted by Crippen LogP contribution is 2.19. The number of hydrogen-bond donors (Lipinski definition) is 1. The van der Waals surface area contributed by atoms with Gasteiger partial charge in [0, 0.05) is 19.4 Å². The van der Waals surface area contributed by atoms with Crippen LogP contribution in [0.15, 0.2) is 0 Å². The van der Waals surface area contributed by atoms with Crippen LogP contribution in [-0.4, -0.2) is 35.2 Å². The molecular weight excluding hydrogens is 292 g/mol. The van der Waals surface area contributed by atoms with Crippen LogP contribution in [0.2, 0.25) is 0 Å². The number of hydrogen-bond acceptors (Lipinski definition) is 3. The summed E-state index contributed by atoms with van der Waals surface area (Å²) in [5, 5.41) is 2.49. The van der Waals surface area contributed by atoms with E-state index >= 15 is 0 Å². The molecule has 0 aliphatic carbocycles. The molecule has 2 unspecified atom stereocenters. The Morgan fingerprint density at radius 1 is 1.17 bits per heavy atom. The van der Waals surface area contributed by atoms with Gasteiger partial charge in [-0.15, -0.1) is 0 Å². The second kappa shape index (κ2) is 10.4. The van der Waals surface area contributed by atoms with Crippen molar-refractivity contribution in [3.63, 3.8) is 0 Å². The lowest BCUT2D eigenvalue weighted by Gasteiger charge is -2.25. The Morgan fingerprint density at radius 2 is 1.91 bits per heavy atom. The number of amides is 3. The van der Waals surface area contributed by atoms with Crippen molar-refractivity contribution in [2.75, 3.05) is 6.54 Å². The fourth-order valence-electron chi connectivity index (χ4n) is 3.21. The Balaban J connectivity index is 2.42. The maximum absolute atomic E-state index is 12.3. The summed E-state index contributed by atoms with van der Waals surface area (Å²) in [6.45, 7) is 6.81. The van der Waals surface area contributed by atoms with Crippen LogP contribution in [0.25, 0.3) is 0 Å². The van der Waals surface area contributed by atoms with E-state index in [0.29, 0.717) is 31.7 Å². The quantitative estimate of drug-likeness (QED) is 0.671. The average molecular weight is 324 g/mol. The standard InChI is InChI=1S/C18H32N2O3/c1-4-7-9-14(5-2)11-12-16(21)19-18(23)15(6-3)20-13-8-10-17(20)22/h14-15H,4-13H2,1-3H3,(H,19,21,23). The summed E-state index contributed by atoms with van der Waals surface area (Å²) in [6.07, 6.45) is 7.64. The minimum atomic E-state index is -0.504. The van der Waals surface area contributed by atoms with Crippen LogP contribution in [0.5, 0.6) is 0 Å². The van der Waals surface area contributed by atoms with Crippen molar-refractivity contribution in [2.24, 2.45) is 5.92 Å². The number of carbonyl (C=O) groups is 3. The first-order valence-corrected chi connectivity index (χ1v) is 9.16. The van der Waals surface area contributed by atoms with Crippen LogP contribution in [0, 0.1) is 5.92 Å². The van der Waals surface area contributed by atoms with Crippen LogP contribution in [0.4, 0.5) is 0 Å². The number of likely N-dealkylation sites (tertiary alicyclic amines) is 1. The molecule has 3 amide bonds. The van der Waals surface area contributed by atoms with Crippen LogP contribution >= 0.6 is 0 Å². The molecule has 132 valence electrons. The van der Waals surface area contributed by atoms with Crippen LogP contribution in [-0.2, 0) is 14.4 Å². The fourth-order valence-corrected chi connectivity index (χ4v) is 3.21. The lowest BCUT2D eigenvalue weighted by molar-refractivity contribution is -0.140. The van der Waals surface area contributed by atoms with Gasteiger partial charge in [-0.25, -0.2) is 0 Å². The summed E-state index contributed by atoms with van der Waals surface area (Å²) in [5.74, 6) is 0.0346. The highest BCUT2D eigenvalue weighted by Gasteiger charge is 2.32. The van der Waals surface area contributed by atoms with Gasteiger partial charge in [0.25, 0.3) is 0 Å². The molecular formula is C18H32N2O3. The molecule has 0 saturated carbocycles. The molecule has 5 nitrogen and oxygen atoms in total. The van der Waals surface area contributed by atoms with Gasteiger partial charge in [0.15, 0.2) is 0 Å². The number of carbonyl (C=O) groups excluding carboxylic acids is 3. The Kier molecular flexibility index (Phi) is 8.89. The largest absolute Gasteiger partial charge is 0.331 e. The average Bonchev–Trinajstić information content (AvgIpc) is 2.94. The molecule has 2 atom stereocenters. The highest BCUT2D eigenvalue weighted by atomic mass is 16.2. The summed E-state index contributed by atoms with van der Waals surface area (Å²) >= 11 is 0. The molecule has 0 aromatic heterocycles. The summed E-state index contributed by atoms with van der Waals surface area (Å²) < 4.78 is 0. The zero-order valence-corrected chi connectivity index (χ0v) is 14.9. The van der Waals surface area contributed by atoms with E-state index in [1.54, 1.807) is 4.90 Å². The molecule has 1 aliphatic rings. The highest BCUT2D eigenvalue weighted by molar-refractivity contribution is 5.99. The zero-order chi connectivity index (χ0) is 17.2. The van der Waals surface area contributed by atoms with E-state index < -0.39 is 6.04 Å². The summed E-state index contributed by atoms with van der Waals surface area (Å²) in [4.78, 5) is 37.7. The third kappa shape index (κ3) is 6.32. The van der Waals surface area contributed by atoms with Crippen LogP contribution in [0.3, 0.4) is 0 Å². The molecule has 1 heterocycles. The smallest absolute Gasteiger partial charge is 0.249 e. The number of rotatable bonds is 10. The van der Waals surface area contributed by atoms with Gasteiger partial charge in [-0.2, -0.15) is 0 Å². The van der Waals surface area contributed by atoms with Crippen molar-refractivity contribution >= 4 is 17.7 Å². The van der Waals surface area contributed by atoms with Gasteiger partial charge in [0.05, 0.1) is 0 Å². The van der Waals surface area contributed by atoms with E-state index in [0.717, 1.165) is 25.7 Å². The number of nitrogens with zero attached hydrogens (tertiary/aromatic N) is 1. The monoisotopic (exact) mass is 324 g/mol. The second-order valence-corrected chi connectivity index (χ2v) is 6.48. The first-order chi connectivity index (χ1) is 11.0. The van der Waals surface area contributed by atoms with Gasteiger partial charge in [-0.05, 0) is 25.2 Å². The van der Waals surface area contributed by atoms with Crippen molar-refractivity contribution in [2.45, 2.75) is 84.6 Å². The lowest BCUT2D eigenvalue weighted by atomic mass is 9.94. The zero-order valence-electron chi connectivity index (χ0n) is 14.9. The maximum Gasteiger partial charge on any atom is 0.249 e. The normalized spacial score (nSPS) is 17.2. The Morgan fingerprint density at radius 3 is 2.43 bits per heavy atom. The van der Waals surface area contributed by atoms with Crippen molar-refractivity contribution in [3.8, 4) is 0 Å². The minimum Gasteiger partial charge on any atom is -0.331 e. The van der Waals surface area contributed by atoms with Crippen molar-refractivity contribution < 1.29 is 14.4 Å². The van der Waals surface area contributed by atoms with Gasteiger partial charge >= 0.3 is 0 Å². The molecule has 1 fully saturated rings. The van der Waals surface area contributed by atoms with E-state index in [2.05, 4.69) is 19.2 Å². The third-order valence-electron chi connectivity index (χ3n) is 4.76. The SMILES string of the molecule is CCCCC(CC)CCC(=O)NC(=O)C(CC)N1CCCC1=O. The van der Waals surface area contributed by atoms with E-state index in [-0.39, 0.29) is 17.7 Å². The molecule has 5 heteroatoms. The van der Waals surface area contributed by atoms with E-state index in [9.17, 15) is 14.4 Å². The van der Waals surface area contributed by atoms with Gasteiger partial charge in [0.1, 0.15) is 6.04 Å². The number of unbranched alkanes of at least 4 members (excludes halogenated alkanes) is 1. The molecule has 1 aliphatic heterocycles. The predicted octanol–water partition coefficient (Wildman–Crippen LogP) is 3.03. The molecule has 0 aromatic rings. The molecule has 1 saturated heterocycles. The number of nitrogens with one attached hydrogen (secondary N) is 1. The van der Waals surface area contributed by atoms with E-state index in [4.69, 9.17) is 0 Å². The molecule has 1 N–H and O–H groups in total. The fraction of sp³-hybridized carbons (Fsp3) is 0.833. The topological polar surface area (TPSA) is 66.5 Å². The molecule has 0 radical (unpaired) electrons. The van der Waals surface area contributed by atoms with Crippen molar-refractivity contribution in [1.82, 2.24) is 10.2 Å². The minimum absolute atomic E-state index is 0.0186. The van der Waals surface area contributed by atoms with Gasteiger partial charge < -0.3 is 4.90 Å². The van der Waals surface area contributed by atoms with Crippen LogP contribution < -0.4 is 5.32 Å². The Labute approximate surface area is 140 Å². The van der Waals surface area contributed by atoms with Crippen molar-refractivity contribution in [3.05, 3.63) is 0 Å². The summed E-state index contributed by atoms with van der Waals surface area (Å²) in [5.41, 5.74) is 0. The second-order valence-electron chi connectivity index (χ2n) is 6.48. The predicted molar refractivity (Wildman–Crippen MR) is 90.7 cm³/mol. The van der Waals surface area contributed by atoms with E-state index in [1.807, 2.05) is 6.92 Å². The molecule has 0 spiro atoms. The number of imide groups is 1. The van der Waals surface area contributed by atoms with Crippen molar-refractivity contribution in [1.29, 1.82) is 0 Å². The lowest BCUT2D eigenvalue weighted by Crippen LogP contribution is -2.48. The summed E-state index contributed by atoms with van der Waals surface area (Å²) in [6, 6.07) is -0.504. The van der Waals surface area contributed by atoms with Gasteiger partial charge in [-0.3, -0.25) is 19.7 Å². The first kappa shape index (κ1) is 19.7. The van der Waals surface area contributed by atoms with Crippen LogP contribution in [0.1, 0.15) is 78.6 Å². The molecule has 0 bridgehead atoms. The Hall–Kier alpha value is -1.39. The van der Waals surface area contributed by atoms with Gasteiger partial charge in [0.2, 0.25) is 17.7 Å². The summed E-state index contributed by atoms with van der Waals surface area (Å²) in [7, 11) is 0. The maximum atomic E-state index is 12.3. The molecule has 23 heavy (non-hydrogen) atoms. The van der Waals surface area contributed by atoms with Gasteiger partial charge in [-0.1, -0.05) is 46.5 Å². The van der Waals surface area contributed by atoms with E-state index in [1.165, 1.54) is 12.8 Å².